The zero-order valence-corrected chi connectivity index (χ0v) is 82.9. The molecule has 0 radical (unpaired) electrons. The van der Waals surface area contributed by atoms with Gasteiger partial charge in [-0.3, -0.25) is 115 Å². The van der Waals surface area contributed by atoms with Crippen molar-refractivity contribution in [3.05, 3.63) is 0 Å². The van der Waals surface area contributed by atoms with Gasteiger partial charge in [-0.25, -0.2) is 4.79 Å². The van der Waals surface area contributed by atoms with Crippen LogP contribution < -0.4 is 147 Å². The summed E-state index contributed by atoms with van der Waals surface area (Å²) in [6.45, 7) is 7.22. The lowest BCUT2D eigenvalue weighted by Gasteiger charge is -2.34. The third kappa shape index (κ3) is 41.3. The van der Waals surface area contributed by atoms with Crippen molar-refractivity contribution >= 4 is 142 Å². The van der Waals surface area contributed by atoms with E-state index in [1.165, 1.54) is 24.5 Å². The van der Waals surface area contributed by atoms with Gasteiger partial charge in [-0.1, -0.05) is 34.1 Å². The molecule has 5 aliphatic heterocycles. The average molecular weight is 2040 g/mol. The first-order valence-corrected chi connectivity index (χ1v) is 49.4. The summed E-state index contributed by atoms with van der Waals surface area (Å²) in [7, 11) is 0. The van der Waals surface area contributed by atoms with E-state index in [2.05, 4.69) is 95.7 Å². The minimum absolute atomic E-state index is 0.00163. The van der Waals surface area contributed by atoms with Gasteiger partial charge in [0.15, 0.2) is 47.7 Å². The number of likely N-dealkylation sites (tertiary alicyclic amines) is 5. The molecule has 57 nitrogen and oxygen atoms in total. The molecule has 808 valence electrons. The summed E-state index contributed by atoms with van der Waals surface area (Å²) in [5.74, 6) is -16.5. The minimum Gasteiger partial charge on any atom is -0.480 e. The van der Waals surface area contributed by atoms with Crippen molar-refractivity contribution in [2.75, 3.05) is 91.6 Å². The van der Waals surface area contributed by atoms with E-state index in [1.807, 2.05) is 0 Å². The average Bonchev–Trinajstić information content (AvgIpc) is 1.63. The fraction of sp³-hybridized carbons (Fsp3) is 0.724. The lowest BCUT2D eigenvalue weighted by atomic mass is 9.96. The van der Waals surface area contributed by atoms with Gasteiger partial charge in [0.05, 0.1) is 12.6 Å². The van der Waals surface area contributed by atoms with Crippen LogP contribution in [0.5, 0.6) is 0 Å². The number of hydrogen-bond donors (Lipinski definition) is 36. The van der Waals surface area contributed by atoms with Gasteiger partial charge in [0, 0.05) is 85.1 Å². The topological polar surface area (TPSA) is 951 Å². The number of carbonyl (C=O) groups is 16. The molecule has 15 amide bonds. The van der Waals surface area contributed by atoms with Gasteiger partial charge in [-0.15, -0.1) is 0 Å². The Balaban J connectivity index is 1.35. The lowest BCUT2D eigenvalue weighted by Crippen LogP contribution is -2.61. The second-order valence-corrected chi connectivity index (χ2v) is 37.0. The number of nitrogens with one attached hydrogen (secondary N) is 26. The number of carboxylic acids is 1. The fourth-order valence-corrected chi connectivity index (χ4v) is 17.8. The Morgan fingerprint density at radius 1 is 0.306 bits per heavy atom. The van der Waals surface area contributed by atoms with E-state index in [0.29, 0.717) is 32.1 Å². The highest BCUT2D eigenvalue weighted by Gasteiger charge is 2.48. The Morgan fingerprint density at radius 3 is 0.924 bits per heavy atom. The van der Waals surface area contributed by atoms with Crippen molar-refractivity contribution < 1.29 is 81.8 Å². The van der Waals surface area contributed by atoms with E-state index in [-0.39, 0.29) is 274 Å². The number of hydrogen-bond acceptors (Lipinski definition) is 25. The van der Waals surface area contributed by atoms with Crippen molar-refractivity contribution in [1.82, 2.24) is 120 Å². The van der Waals surface area contributed by atoms with Gasteiger partial charge in [0.25, 0.3) is 0 Å². The predicted octanol–water partition coefficient (Wildman–Crippen LogP) is -9.97. The molecule has 144 heavy (non-hydrogen) atoms. The fourth-order valence-electron chi connectivity index (χ4n) is 17.8. The Morgan fingerprint density at radius 2 is 0.569 bits per heavy atom. The number of aliphatic carboxylic acids is 1. The monoisotopic (exact) mass is 2040 g/mol. The van der Waals surface area contributed by atoms with Crippen LogP contribution in [0.25, 0.3) is 0 Å². The third-order valence-corrected chi connectivity index (χ3v) is 25.3. The second-order valence-electron chi connectivity index (χ2n) is 37.0. The summed E-state index contributed by atoms with van der Waals surface area (Å²) in [4.78, 5) is 238. The molecule has 0 saturated carbocycles. The first-order chi connectivity index (χ1) is 68.2. The van der Waals surface area contributed by atoms with Crippen LogP contribution in [-0.2, 0) is 76.7 Å². The molecule has 0 aromatic carbocycles. The molecule has 0 spiro atoms. The van der Waals surface area contributed by atoms with Crippen LogP contribution in [-0.4, -0.2) is 354 Å². The number of guanidine groups is 8. The highest BCUT2D eigenvalue weighted by molar-refractivity contribution is 6.02. The molecule has 0 aromatic rings. The van der Waals surface area contributed by atoms with Crippen LogP contribution in [0.1, 0.15) is 207 Å². The van der Waals surface area contributed by atoms with E-state index in [0.717, 1.165) is 0 Å². The molecule has 5 aliphatic rings. The Labute approximate surface area is 837 Å². The van der Waals surface area contributed by atoms with Crippen LogP contribution in [0, 0.1) is 55.1 Å². The molecule has 5 saturated heterocycles. The van der Waals surface area contributed by atoms with Gasteiger partial charge < -0.3 is 177 Å². The summed E-state index contributed by atoms with van der Waals surface area (Å²) < 4.78 is 0. The second kappa shape index (κ2) is 62.1. The SMILES string of the molecule is CC[C@H](C)[C@H](NC(=O)[C@H](CCCNC(=N)N)NC(=O)[C@@H](N)CCCNC(=N)N)C(=O)N[C@@H](CCCNC(=N)N)C(=O)N1CCC[C@H]1C(=O)N[C@@H](CCCNC(=N)N)C(=O)N1CCC[C@H]1C(=O)N1CCC[C@H]1C(=O)N[C@@H](CCCNC(=N)N)C(=O)N[C@@H](CC(C)C)C(=O)N1CCC[C@H]1C(=O)N[C@@H](CCCNC(=N)N)C(=O)NCC(=O)N[C@@H](CCCNC(=N)N)C(=O)N1CCC[C@H]1C(=O)N[C@@H](CCCNC(=N)N)C(=O)O. The van der Waals surface area contributed by atoms with E-state index in [9.17, 15) is 53.1 Å². The van der Waals surface area contributed by atoms with Crippen LogP contribution in [0.2, 0.25) is 0 Å². The molecule has 5 fully saturated rings. The zero-order valence-electron chi connectivity index (χ0n) is 82.9. The molecule has 5 rings (SSSR count). The maximum absolute atomic E-state index is 15.3. The van der Waals surface area contributed by atoms with Gasteiger partial charge in [0.2, 0.25) is 88.6 Å². The molecule has 0 aromatic heterocycles. The smallest absolute Gasteiger partial charge is 0.326 e. The van der Waals surface area contributed by atoms with Crippen LogP contribution >= 0.6 is 0 Å². The standard InChI is InChI=1S/C87H158N40O17/c1-5-48(4)64(122-68(132)52(22-9-35-108-83(95)96)115-65(129)49(88)19-6-32-105-80(89)90)73(137)119-55(25-12-38-111-86(101)102)75(139)124-41-14-28-59(124)71(135)118-54(24-11-37-110-85(99)100)76(140)127-44-18-31-62(127)78(142)126-43-17-30-61(126)70(134)117-51(21-8-34-107-82(93)94)67(131)121-57(45-47(2)3)77(141)125-42-16-27-58(125)69(133)116-50(20-7-33-106-81(91)92)66(130)113-46-63(128)114-53(23-10-36-109-84(97)98)74(138)123-40-15-29-60(123)72(136)120-56(79(143)144)26-13-39-112-87(103)104/h47-62,64H,5-46,88H2,1-4H3,(H,113,130)(H,114,128)(H,115,129)(H,116,133)(H,117,134)(H,118,135)(H,119,137)(H,120,136)(H,121,131)(H,122,132)(H,143,144)(H4,89,90,105)(H4,91,92,106)(H4,93,94,107)(H4,95,96,108)(H4,97,98,109)(H4,99,100,110)(H4,101,102,111)(H4,103,104,112)/t48-,49-,50-,51-,52-,53-,54-,55-,56-,57-,58-,59-,60-,61-,62-,64-/m0/s1. The number of carbonyl (C=O) groups excluding carboxylic acids is 15. The van der Waals surface area contributed by atoms with Crippen molar-refractivity contribution in [3.63, 3.8) is 0 Å². The van der Waals surface area contributed by atoms with E-state index in [1.54, 1.807) is 27.7 Å². The molecule has 0 bridgehead atoms. The van der Waals surface area contributed by atoms with Crippen LogP contribution in [0.15, 0.2) is 0 Å². The van der Waals surface area contributed by atoms with E-state index >= 15 is 28.8 Å². The first-order valence-electron chi connectivity index (χ1n) is 49.4. The predicted molar refractivity (Wildman–Crippen MR) is 532 cm³/mol. The molecule has 45 N–H and O–H groups in total. The summed E-state index contributed by atoms with van der Waals surface area (Å²) in [6.07, 6.45) is 3.37. The molecule has 0 unspecified atom stereocenters. The number of carboxylic acid groups (broad SMARTS) is 1. The molecule has 16 atom stereocenters. The summed E-state index contributed by atoms with van der Waals surface area (Å²) in [6, 6.07) is -19.3. The van der Waals surface area contributed by atoms with Gasteiger partial charge >= 0.3 is 5.97 Å². The highest BCUT2D eigenvalue weighted by atomic mass is 16.4. The molecular weight excluding hydrogens is 1880 g/mol. The number of rotatable bonds is 62. The van der Waals surface area contributed by atoms with Crippen molar-refractivity contribution in [2.24, 2.45) is 63.4 Å². The molecule has 57 heteroatoms. The summed E-state index contributed by atoms with van der Waals surface area (Å²) >= 11 is 0. The van der Waals surface area contributed by atoms with Crippen LogP contribution in [0.3, 0.4) is 0 Å². The lowest BCUT2D eigenvalue weighted by molar-refractivity contribution is -0.148. The summed E-state index contributed by atoms with van der Waals surface area (Å²) in [5, 5.41) is 119. The Kier molecular flexibility index (Phi) is 51.8. The molecule has 5 heterocycles. The van der Waals surface area contributed by atoms with E-state index in [4.69, 9.17) is 94.9 Å². The van der Waals surface area contributed by atoms with Gasteiger partial charge in [0.1, 0.15) is 84.6 Å². The first kappa shape index (κ1) is 120. The maximum Gasteiger partial charge on any atom is 0.326 e. The van der Waals surface area contributed by atoms with E-state index < -0.39 is 210 Å². The molecular formula is C87H158N40O17. The maximum atomic E-state index is 15.3. The number of nitrogens with zero attached hydrogens (tertiary/aromatic N) is 5. The Hall–Kier alpha value is -14.4. The largest absolute Gasteiger partial charge is 0.480 e. The summed E-state index contributed by atoms with van der Waals surface area (Å²) in [5.41, 5.74) is 50.4. The van der Waals surface area contributed by atoms with Crippen molar-refractivity contribution in [1.29, 1.82) is 43.3 Å². The zero-order chi connectivity index (χ0) is 107. The highest BCUT2D eigenvalue weighted by Crippen LogP contribution is 2.30. The number of amides is 15. The Bertz CT molecular complexity index is 4450. The minimum atomic E-state index is -1.42. The van der Waals surface area contributed by atoms with Gasteiger partial charge in [-0.2, -0.15) is 0 Å². The normalized spacial score (nSPS) is 18.6. The van der Waals surface area contributed by atoms with Crippen molar-refractivity contribution in [3.8, 4) is 0 Å². The third-order valence-electron chi connectivity index (χ3n) is 25.3. The van der Waals surface area contributed by atoms with Crippen LogP contribution in [0.4, 0.5) is 0 Å². The molecule has 0 aliphatic carbocycles. The van der Waals surface area contributed by atoms with Crippen molar-refractivity contribution in [2.45, 2.75) is 298 Å². The quantitative estimate of drug-likeness (QED) is 0.0153. The number of nitrogens with two attached hydrogens (primary N) is 9. The van der Waals surface area contributed by atoms with Gasteiger partial charge in [-0.05, 0) is 185 Å².